The molecule has 0 aromatic carbocycles. The van der Waals surface area contributed by atoms with E-state index in [4.69, 9.17) is 0 Å². The lowest BCUT2D eigenvalue weighted by atomic mass is 10.1. The monoisotopic (exact) mass is 247 g/mol. The highest BCUT2D eigenvalue weighted by Gasteiger charge is 2.15. The van der Waals surface area contributed by atoms with Crippen LogP contribution in [0.3, 0.4) is 0 Å². The smallest absolute Gasteiger partial charge is 0.0313 e. The molecule has 0 saturated carbocycles. The highest BCUT2D eigenvalue weighted by Crippen LogP contribution is 2.11. The van der Waals surface area contributed by atoms with Gasteiger partial charge in [-0.3, -0.25) is 9.88 Å². The molecule has 2 heterocycles. The zero-order chi connectivity index (χ0) is 12.8. The minimum atomic E-state index is 0.642. The zero-order valence-electron chi connectivity index (χ0n) is 11.7. The molecular formula is C15H25N3. The highest BCUT2D eigenvalue weighted by molar-refractivity contribution is 5.16. The first-order valence-electron chi connectivity index (χ1n) is 7.11. The first-order chi connectivity index (χ1) is 8.75. The number of hydrogen-bond acceptors (Lipinski definition) is 3. The molecular weight excluding hydrogens is 222 g/mol. The highest BCUT2D eigenvalue weighted by atomic mass is 15.2. The van der Waals surface area contributed by atoms with Crippen LogP contribution >= 0.6 is 0 Å². The Kier molecular flexibility index (Phi) is 5.14. The Bertz CT molecular complexity index is 359. The molecule has 1 aliphatic heterocycles. The van der Waals surface area contributed by atoms with Gasteiger partial charge in [0.1, 0.15) is 0 Å². The summed E-state index contributed by atoms with van der Waals surface area (Å²) in [4.78, 5) is 6.82. The van der Waals surface area contributed by atoms with Gasteiger partial charge >= 0.3 is 0 Å². The molecule has 1 N–H and O–H groups in total. The maximum Gasteiger partial charge on any atom is 0.0313 e. The van der Waals surface area contributed by atoms with Gasteiger partial charge in [0, 0.05) is 31.5 Å². The number of rotatable bonds is 5. The van der Waals surface area contributed by atoms with Crippen LogP contribution in [0.25, 0.3) is 0 Å². The SMILES string of the molecule is Cc1cncc(CNCC(C)N2CCCCC2)c1. The van der Waals surface area contributed by atoms with Crippen LogP contribution in [0, 0.1) is 6.92 Å². The van der Waals surface area contributed by atoms with Crippen molar-refractivity contribution in [1.29, 1.82) is 0 Å². The Labute approximate surface area is 111 Å². The van der Waals surface area contributed by atoms with Crippen LogP contribution in [-0.4, -0.2) is 35.6 Å². The van der Waals surface area contributed by atoms with E-state index >= 15 is 0 Å². The van der Waals surface area contributed by atoms with E-state index in [0.717, 1.165) is 13.1 Å². The normalized spacial score (nSPS) is 18.8. The topological polar surface area (TPSA) is 28.2 Å². The summed E-state index contributed by atoms with van der Waals surface area (Å²) in [7, 11) is 0. The van der Waals surface area contributed by atoms with Crippen LogP contribution in [0.2, 0.25) is 0 Å². The van der Waals surface area contributed by atoms with Crippen molar-refractivity contribution in [2.75, 3.05) is 19.6 Å². The van der Waals surface area contributed by atoms with E-state index in [-0.39, 0.29) is 0 Å². The van der Waals surface area contributed by atoms with E-state index < -0.39 is 0 Å². The Balaban J connectivity index is 1.71. The molecule has 100 valence electrons. The quantitative estimate of drug-likeness (QED) is 0.865. The molecule has 2 rings (SSSR count). The van der Waals surface area contributed by atoms with Gasteiger partial charge in [0.2, 0.25) is 0 Å². The van der Waals surface area contributed by atoms with Crippen LogP contribution < -0.4 is 5.32 Å². The maximum atomic E-state index is 4.22. The fourth-order valence-electron chi connectivity index (χ4n) is 2.63. The molecule has 1 aliphatic rings. The number of hydrogen-bond donors (Lipinski definition) is 1. The predicted octanol–water partition coefficient (Wildman–Crippen LogP) is 2.35. The van der Waals surface area contributed by atoms with Crippen LogP contribution in [0.15, 0.2) is 18.5 Å². The van der Waals surface area contributed by atoms with Crippen molar-refractivity contribution in [2.45, 2.75) is 45.7 Å². The van der Waals surface area contributed by atoms with E-state index in [2.05, 4.69) is 35.1 Å². The molecule has 18 heavy (non-hydrogen) atoms. The third-order valence-electron chi connectivity index (χ3n) is 3.71. The molecule has 0 bridgehead atoms. The number of piperidine rings is 1. The van der Waals surface area contributed by atoms with Crippen molar-refractivity contribution in [3.8, 4) is 0 Å². The van der Waals surface area contributed by atoms with Gasteiger partial charge in [-0.2, -0.15) is 0 Å². The Morgan fingerprint density at radius 1 is 1.28 bits per heavy atom. The molecule has 1 fully saturated rings. The standard InChI is InChI=1S/C15H25N3/c1-13-8-15(11-16-9-13)12-17-10-14(2)18-6-4-3-5-7-18/h8-9,11,14,17H,3-7,10,12H2,1-2H3. The van der Waals surface area contributed by atoms with Gasteiger partial charge in [0.25, 0.3) is 0 Å². The second-order valence-corrected chi connectivity index (χ2v) is 5.45. The van der Waals surface area contributed by atoms with Gasteiger partial charge < -0.3 is 5.32 Å². The van der Waals surface area contributed by atoms with Crippen molar-refractivity contribution in [3.05, 3.63) is 29.6 Å². The molecule has 1 atom stereocenters. The Morgan fingerprint density at radius 2 is 2.06 bits per heavy atom. The lowest BCUT2D eigenvalue weighted by Gasteiger charge is -2.32. The molecule has 3 nitrogen and oxygen atoms in total. The molecule has 0 spiro atoms. The van der Waals surface area contributed by atoms with Gasteiger partial charge in [-0.25, -0.2) is 0 Å². The molecule has 0 aliphatic carbocycles. The minimum Gasteiger partial charge on any atom is -0.311 e. The van der Waals surface area contributed by atoms with E-state index in [1.165, 1.54) is 43.5 Å². The minimum absolute atomic E-state index is 0.642. The number of aromatic nitrogens is 1. The summed E-state index contributed by atoms with van der Waals surface area (Å²) in [6.07, 6.45) is 8.00. The Morgan fingerprint density at radius 3 is 2.78 bits per heavy atom. The third kappa shape index (κ3) is 4.07. The molecule has 1 unspecified atom stereocenters. The third-order valence-corrected chi connectivity index (χ3v) is 3.71. The van der Waals surface area contributed by atoms with E-state index in [0.29, 0.717) is 6.04 Å². The summed E-state index contributed by atoms with van der Waals surface area (Å²) >= 11 is 0. The molecule has 1 aromatic heterocycles. The summed E-state index contributed by atoms with van der Waals surface area (Å²) in [5.74, 6) is 0. The summed E-state index contributed by atoms with van der Waals surface area (Å²) < 4.78 is 0. The van der Waals surface area contributed by atoms with Crippen LogP contribution in [0.1, 0.15) is 37.3 Å². The van der Waals surface area contributed by atoms with Crippen LogP contribution in [0.5, 0.6) is 0 Å². The van der Waals surface area contributed by atoms with Gasteiger partial charge in [-0.05, 0) is 50.9 Å². The van der Waals surface area contributed by atoms with Crippen molar-refractivity contribution in [2.24, 2.45) is 0 Å². The largest absolute Gasteiger partial charge is 0.311 e. The number of aryl methyl sites for hydroxylation is 1. The molecule has 1 saturated heterocycles. The van der Waals surface area contributed by atoms with Crippen molar-refractivity contribution in [3.63, 3.8) is 0 Å². The number of nitrogens with one attached hydrogen (secondary N) is 1. The van der Waals surface area contributed by atoms with E-state index in [9.17, 15) is 0 Å². The second-order valence-electron chi connectivity index (χ2n) is 5.45. The maximum absolute atomic E-state index is 4.22. The number of pyridine rings is 1. The average Bonchev–Trinajstić information content (AvgIpc) is 2.40. The van der Waals surface area contributed by atoms with Crippen molar-refractivity contribution in [1.82, 2.24) is 15.2 Å². The van der Waals surface area contributed by atoms with Gasteiger partial charge in [-0.15, -0.1) is 0 Å². The van der Waals surface area contributed by atoms with Gasteiger partial charge in [-0.1, -0.05) is 12.5 Å². The van der Waals surface area contributed by atoms with Crippen molar-refractivity contribution >= 4 is 0 Å². The van der Waals surface area contributed by atoms with Crippen LogP contribution in [0.4, 0.5) is 0 Å². The van der Waals surface area contributed by atoms with E-state index in [1.807, 2.05) is 12.4 Å². The summed E-state index contributed by atoms with van der Waals surface area (Å²) in [6, 6.07) is 2.84. The first kappa shape index (κ1) is 13.5. The number of nitrogens with zero attached hydrogens (tertiary/aromatic N) is 2. The Hall–Kier alpha value is -0.930. The van der Waals surface area contributed by atoms with Crippen LogP contribution in [-0.2, 0) is 6.54 Å². The molecule has 0 radical (unpaired) electrons. The summed E-state index contributed by atoms with van der Waals surface area (Å²) in [5.41, 5.74) is 2.51. The fourth-order valence-corrected chi connectivity index (χ4v) is 2.63. The van der Waals surface area contributed by atoms with Gasteiger partial charge in [0.15, 0.2) is 0 Å². The molecule has 0 amide bonds. The average molecular weight is 247 g/mol. The predicted molar refractivity (Wildman–Crippen MR) is 75.6 cm³/mol. The zero-order valence-corrected chi connectivity index (χ0v) is 11.7. The summed E-state index contributed by atoms with van der Waals surface area (Å²) in [5, 5.41) is 3.54. The molecule has 1 aromatic rings. The lowest BCUT2D eigenvalue weighted by Crippen LogP contribution is -2.42. The van der Waals surface area contributed by atoms with E-state index in [1.54, 1.807) is 0 Å². The molecule has 3 heteroatoms. The second kappa shape index (κ2) is 6.86. The fraction of sp³-hybridized carbons (Fsp3) is 0.667. The first-order valence-corrected chi connectivity index (χ1v) is 7.11. The van der Waals surface area contributed by atoms with Crippen molar-refractivity contribution < 1.29 is 0 Å². The van der Waals surface area contributed by atoms with Gasteiger partial charge in [0.05, 0.1) is 0 Å². The lowest BCUT2D eigenvalue weighted by molar-refractivity contribution is 0.170. The number of likely N-dealkylation sites (tertiary alicyclic amines) is 1. The summed E-state index contributed by atoms with van der Waals surface area (Å²) in [6.45, 7) is 8.95.